The summed E-state index contributed by atoms with van der Waals surface area (Å²) in [5.74, 6) is -0.655. The fourth-order valence-electron chi connectivity index (χ4n) is 2.71. The second-order valence-corrected chi connectivity index (χ2v) is 6.29. The third-order valence-corrected chi connectivity index (χ3v) is 4.52. The van der Waals surface area contributed by atoms with Crippen molar-refractivity contribution in [1.82, 2.24) is 9.55 Å². The van der Waals surface area contributed by atoms with Crippen molar-refractivity contribution >= 4 is 22.6 Å². The van der Waals surface area contributed by atoms with Crippen molar-refractivity contribution in [2.24, 2.45) is 11.7 Å². The summed E-state index contributed by atoms with van der Waals surface area (Å²) in [4.78, 5) is 16.0. The molecule has 0 aliphatic heterocycles. The molecular weight excluding hydrogens is 304 g/mol. The highest BCUT2D eigenvalue weighted by molar-refractivity contribution is 5.85. The van der Waals surface area contributed by atoms with Gasteiger partial charge in [-0.2, -0.15) is 5.26 Å². The Kier molecular flexibility index (Phi) is 3.74. The molecule has 6 nitrogen and oxygen atoms in total. The van der Waals surface area contributed by atoms with Gasteiger partial charge in [0.1, 0.15) is 5.82 Å². The third kappa shape index (κ3) is 2.59. The molecule has 3 N–H and O–H groups in total. The number of aliphatic hydroxyl groups is 1. The number of imidazole rings is 1. The number of nitrogens with two attached hydrogens (primary N) is 1. The van der Waals surface area contributed by atoms with Crippen molar-refractivity contribution in [3.63, 3.8) is 0 Å². The SMILES string of the molecule is CC(C(N)=O)C(C)(O)Cc1nc2ccc(C#N)cc2n1C1=CC=C1. The molecule has 0 bridgehead atoms. The van der Waals surface area contributed by atoms with Gasteiger partial charge in [0.05, 0.1) is 34.2 Å². The summed E-state index contributed by atoms with van der Waals surface area (Å²) < 4.78 is 1.90. The number of hydrogen-bond donors (Lipinski definition) is 2. The van der Waals surface area contributed by atoms with Gasteiger partial charge in [0.25, 0.3) is 0 Å². The number of carbonyl (C=O) groups is 1. The molecule has 1 heterocycles. The number of allylic oxidation sites excluding steroid dienone is 4. The first-order valence-corrected chi connectivity index (χ1v) is 7.65. The van der Waals surface area contributed by atoms with Crippen molar-refractivity contribution in [3.05, 3.63) is 47.8 Å². The van der Waals surface area contributed by atoms with Crippen LogP contribution in [0.2, 0.25) is 0 Å². The number of nitriles is 1. The van der Waals surface area contributed by atoms with E-state index >= 15 is 0 Å². The molecule has 1 amide bonds. The lowest BCUT2D eigenvalue weighted by atomic mass is 9.87. The Labute approximate surface area is 139 Å². The van der Waals surface area contributed by atoms with Gasteiger partial charge in [-0.15, -0.1) is 0 Å². The highest BCUT2D eigenvalue weighted by Crippen LogP contribution is 2.29. The van der Waals surface area contributed by atoms with Gasteiger partial charge in [-0.25, -0.2) is 4.98 Å². The minimum absolute atomic E-state index is 0.166. The third-order valence-electron chi connectivity index (χ3n) is 4.52. The zero-order valence-electron chi connectivity index (χ0n) is 13.5. The number of nitrogens with zero attached hydrogens (tertiary/aromatic N) is 3. The van der Waals surface area contributed by atoms with Crippen LogP contribution in [0.5, 0.6) is 0 Å². The van der Waals surface area contributed by atoms with Crippen LogP contribution in [0.25, 0.3) is 16.7 Å². The number of hydrogen-bond acceptors (Lipinski definition) is 4. The Hall–Kier alpha value is -2.91. The Morgan fingerprint density at radius 2 is 2.25 bits per heavy atom. The molecule has 1 aromatic carbocycles. The minimum Gasteiger partial charge on any atom is -0.389 e. The summed E-state index contributed by atoms with van der Waals surface area (Å²) in [6, 6.07) is 7.38. The van der Waals surface area contributed by atoms with E-state index in [9.17, 15) is 9.90 Å². The summed E-state index contributed by atoms with van der Waals surface area (Å²) in [6.45, 7) is 3.18. The Balaban J connectivity index is 2.11. The number of carbonyl (C=O) groups excluding carboxylic acids is 1. The van der Waals surface area contributed by atoms with Crippen LogP contribution in [0.1, 0.15) is 25.2 Å². The van der Waals surface area contributed by atoms with Crippen LogP contribution in [-0.4, -0.2) is 26.2 Å². The summed E-state index contributed by atoms with van der Waals surface area (Å²) in [5, 5.41) is 19.8. The number of aromatic nitrogens is 2. The van der Waals surface area contributed by atoms with Crippen LogP contribution in [-0.2, 0) is 11.2 Å². The maximum Gasteiger partial charge on any atom is 0.223 e. The van der Waals surface area contributed by atoms with Crippen molar-refractivity contribution in [3.8, 4) is 6.07 Å². The fourth-order valence-corrected chi connectivity index (χ4v) is 2.71. The molecule has 2 aromatic rings. The lowest BCUT2D eigenvalue weighted by Crippen LogP contribution is -2.43. The molecule has 2 unspecified atom stereocenters. The minimum atomic E-state index is -1.32. The van der Waals surface area contributed by atoms with Crippen LogP contribution < -0.4 is 5.73 Å². The fraction of sp³-hybridized carbons (Fsp3) is 0.278. The van der Waals surface area contributed by atoms with Crippen LogP contribution in [0.15, 0.2) is 36.4 Å². The first kappa shape index (κ1) is 16.0. The number of amides is 1. The second kappa shape index (κ2) is 5.62. The second-order valence-electron chi connectivity index (χ2n) is 6.29. The quantitative estimate of drug-likeness (QED) is 0.874. The van der Waals surface area contributed by atoms with E-state index in [1.807, 2.05) is 22.8 Å². The Bertz CT molecular complexity index is 928. The highest BCUT2D eigenvalue weighted by Gasteiger charge is 2.34. The average molecular weight is 322 g/mol. The molecule has 0 spiro atoms. The van der Waals surface area contributed by atoms with E-state index in [4.69, 9.17) is 11.0 Å². The van der Waals surface area contributed by atoms with Gasteiger partial charge >= 0.3 is 0 Å². The molecule has 0 saturated carbocycles. The molecule has 122 valence electrons. The van der Waals surface area contributed by atoms with Gasteiger partial charge < -0.3 is 10.8 Å². The van der Waals surface area contributed by atoms with Crippen molar-refractivity contribution in [2.45, 2.75) is 25.9 Å². The normalized spacial score (nSPS) is 16.8. The first-order valence-electron chi connectivity index (χ1n) is 7.65. The molecule has 1 aromatic heterocycles. The van der Waals surface area contributed by atoms with E-state index in [0.29, 0.717) is 11.4 Å². The summed E-state index contributed by atoms with van der Waals surface area (Å²) in [5.41, 5.74) is 7.00. The highest BCUT2D eigenvalue weighted by atomic mass is 16.3. The van der Waals surface area contributed by atoms with E-state index in [1.165, 1.54) is 0 Å². The summed E-state index contributed by atoms with van der Waals surface area (Å²) >= 11 is 0. The largest absolute Gasteiger partial charge is 0.389 e. The van der Waals surface area contributed by atoms with Crippen LogP contribution in [0, 0.1) is 17.2 Å². The molecule has 2 atom stereocenters. The molecule has 3 rings (SSSR count). The maximum absolute atomic E-state index is 11.5. The molecule has 1 aliphatic carbocycles. The van der Waals surface area contributed by atoms with E-state index in [1.54, 1.807) is 32.0 Å². The van der Waals surface area contributed by atoms with Gasteiger partial charge in [0.2, 0.25) is 5.91 Å². The van der Waals surface area contributed by atoms with Crippen molar-refractivity contribution < 1.29 is 9.90 Å². The standard InChI is InChI=1S/C18H18N4O2/c1-11(17(20)23)18(2,24)9-16-21-14-7-6-12(10-19)8-15(14)22(16)13-4-3-5-13/h3-8,11,24H,9H2,1-2H3,(H2,20,23). The first-order chi connectivity index (χ1) is 11.3. The smallest absolute Gasteiger partial charge is 0.223 e. The van der Waals surface area contributed by atoms with Gasteiger partial charge in [0.15, 0.2) is 0 Å². The van der Waals surface area contributed by atoms with Crippen molar-refractivity contribution in [2.75, 3.05) is 0 Å². The zero-order valence-corrected chi connectivity index (χ0v) is 13.5. The van der Waals surface area contributed by atoms with Crippen molar-refractivity contribution in [1.29, 1.82) is 5.26 Å². The molecule has 24 heavy (non-hydrogen) atoms. The van der Waals surface area contributed by atoms with Gasteiger partial charge in [-0.05, 0) is 37.3 Å². The molecule has 0 fully saturated rings. The number of benzene rings is 1. The number of primary amides is 1. The molecule has 1 aliphatic rings. The number of fused-ring (bicyclic) bond motifs is 1. The average Bonchev–Trinajstić information content (AvgIpc) is 2.81. The van der Waals surface area contributed by atoms with Crippen LogP contribution in [0.3, 0.4) is 0 Å². The van der Waals surface area contributed by atoms with Crippen LogP contribution in [0.4, 0.5) is 0 Å². The Morgan fingerprint density at radius 1 is 1.54 bits per heavy atom. The van der Waals surface area contributed by atoms with E-state index in [0.717, 1.165) is 16.7 Å². The topological polar surface area (TPSA) is 105 Å². The lowest BCUT2D eigenvalue weighted by Gasteiger charge is -2.28. The van der Waals surface area contributed by atoms with E-state index in [-0.39, 0.29) is 6.42 Å². The predicted molar refractivity (Wildman–Crippen MR) is 90.5 cm³/mol. The van der Waals surface area contributed by atoms with Gasteiger partial charge in [0, 0.05) is 12.1 Å². The number of rotatable bonds is 5. The monoisotopic (exact) mass is 322 g/mol. The summed E-state index contributed by atoms with van der Waals surface area (Å²) in [6.07, 6.45) is 5.92. The van der Waals surface area contributed by atoms with Gasteiger partial charge in [-0.1, -0.05) is 13.0 Å². The Morgan fingerprint density at radius 3 is 2.79 bits per heavy atom. The zero-order chi connectivity index (χ0) is 17.5. The summed E-state index contributed by atoms with van der Waals surface area (Å²) in [7, 11) is 0. The molecule has 0 radical (unpaired) electrons. The predicted octanol–water partition coefficient (Wildman–Crippen LogP) is 1.73. The molecular formula is C18H18N4O2. The van der Waals surface area contributed by atoms with Gasteiger partial charge in [-0.3, -0.25) is 9.36 Å². The molecule has 0 saturated heterocycles. The van der Waals surface area contributed by atoms with Crippen LogP contribution >= 0.6 is 0 Å². The van der Waals surface area contributed by atoms with E-state index < -0.39 is 17.4 Å². The lowest BCUT2D eigenvalue weighted by molar-refractivity contribution is -0.129. The maximum atomic E-state index is 11.5. The van der Waals surface area contributed by atoms with E-state index in [2.05, 4.69) is 11.1 Å². The molecule has 6 heteroatoms.